The lowest BCUT2D eigenvalue weighted by Gasteiger charge is -2.28. The highest BCUT2D eigenvalue weighted by molar-refractivity contribution is 5.95. The molecule has 52 heavy (non-hydrogen) atoms. The standard InChI is InChI=1S/C40H42N4O8/c1-6-12-29-19-26(20-34(49-7-2)38(29)52-23-30-15-11-14-27-13-9-10-16-31(27)30)22-41-44-35(45)24-51-32-18-17-28(21-33(32)48-5)37-36(39(46)50-8-3)25(4)42-40(47)43-37/h6,9-11,13-22,37H,1,7-8,12,23-24H2,2-5H3,(H,44,45)(H2,42,43,47)/b41-22-/t37-/m1/s1. The largest absolute Gasteiger partial charge is 0.493 e. The minimum absolute atomic E-state index is 0.178. The molecule has 1 aliphatic heterocycles. The van der Waals surface area contributed by atoms with Crippen LogP contribution in [0.4, 0.5) is 4.79 Å². The SMILES string of the molecule is C=CCc1cc(/C=N\NC(=O)COc2ccc([C@H]3NC(=O)NC(C)=C3C(=O)OCC)cc2OC)cc(OCC)c1OCc1cccc2ccccc12. The van der Waals surface area contributed by atoms with Crippen molar-refractivity contribution in [2.75, 3.05) is 26.9 Å². The molecule has 3 N–H and O–H groups in total. The molecule has 0 unspecified atom stereocenters. The smallest absolute Gasteiger partial charge is 0.338 e. The Kier molecular flexibility index (Phi) is 12.5. The summed E-state index contributed by atoms with van der Waals surface area (Å²) in [6, 6.07) is 21.7. The first kappa shape index (κ1) is 37.0. The summed E-state index contributed by atoms with van der Waals surface area (Å²) in [6.07, 6.45) is 3.83. The summed E-state index contributed by atoms with van der Waals surface area (Å²) in [4.78, 5) is 37.7. The first-order valence-corrected chi connectivity index (χ1v) is 16.8. The van der Waals surface area contributed by atoms with Gasteiger partial charge in [0.2, 0.25) is 0 Å². The van der Waals surface area contributed by atoms with Crippen LogP contribution in [0.15, 0.2) is 102 Å². The maximum absolute atomic E-state index is 12.7. The van der Waals surface area contributed by atoms with Crippen LogP contribution in [0.2, 0.25) is 0 Å². The van der Waals surface area contributed by atoms with E-state index in [9.17, 15) is 14.4 Å². The Labute approximate surface area is 302 Å². The van der Waals surface area contributed by atoms with Crippen LogP contribution in [0.3, 0.4) is 0 Å². The van der Waals surface area contributed by atoms with Gasteiger partial charge in [-0.3, -0.25) is 4.79 Å². The van der Waals surface area contributed by atoms with Gasteiger partial charge in [0, 0.05) is 11.3 Å². The number of hydrazone groups is 1. The van der Waals surface area contributed by atoms with Gasteiger partial charge in [-0.1, -0.05) is 54.6 Å². The third-order valence-electron chi connectivity index (χ3n) is 8.12. The van der Waals surface area contributed by atoms with Crippen LogP contribution in [-0.2, 0) is 27.4 Å². The molecule has 12 nitrogen and oxygen atoms in total. The van der Waals surface area contributed by atoms with Crippen LogP contribution < -0.4 is 35.0 Å². The van der Waals surface area contributed by atoms with Crippen molar-refractivity contribution >= 4 is 34.9 Å². The highest BCUT2D eigenvalue weighted by Crippen LogP contribution is 2.36. The van der Waals surface area contributed by atoms with Crippen molar-refractivity contribution in [1.29, 1.82) is 0 Å². The summed E-state index contributed by atoms with van der Waals surface area (Å²) >= 11 is 0. The number of rotatable bonds is 16. The quantitative estimate of drug-likeness (QED) is 0.0535. The molecule has 1 heterocycles. The van der Waals surface area contributed by atoms with E-state index in [-0.39, 0.29) is 24.5 Å². The average Bonchev–Trinajstić information content (AvgIpc) is 3.13. The zero-order valence-electron chi connectivity index (χ0n) is 29.6. The number of esters is 1. The van der Waals surface area contributed by atoms with Crippen molar-refractivity contribution in [1.82, 2.24) is 16.1 Å². The molecular weight excluding hydrogens is 664 g/mol. The Hall–Kier alpha value is -6.30. The van der Waals surface area contributed by atoms with Gasteiger partial charge < -0.3 is 34.3 Å². The minimum atomic E-state index is -0.784. The molecule has 3 amide bonds. The Balaban J connectivity index is 1.25. The van der Waals surface area contributed by atoms with E-state index in [1.165, 1.54) is 13.3 Å². The second-order valence-corrected chi connectivity index (χ2v) is 11.6. The number of fused-ring (bicyclic) bond motifs is 1. The number of hydrogen-bond acceptors (Lipinski definition) is 9. The fourth-order valence-corrected chi connectivity index (χ4v) is 5.82. The second kappa shape index (κ2) is 17.6. The molecule has 1 atom stereocenters. The lowest BCUT2D eigenvalue weighted by Crippen LogP contribution is -2.45. The van der Waals surface area contributed by atoms with Gasteiger partial charge in [0.1, 0.15) is 6.61 Å². The third kappa shape index (κ3) is 8.88. The van der Waals surface area contributed by atoms with Crippen LogP contribution in [0.5, 0.6) is 23.0 Å². The van der Waals surface area contributed by atoms with Crippen LogP contribution in [-0.4, -0.2) is 51.1 Å². The first-order valence-electron chi connectivity index (χ1n) is 16.8. The van der Waals surface area contributed by atoms with Gasteiger partial charge in [0.15, 0.2) is 29.6 Å². The lowest BCUT2D eigenvalue weighted by molar-refractivity contribution is -0.139. The Bertz CT molecular complexity index is 2020. The molecule has 270 valence electrons. The van der Waals surface area contributed by atoms with E-state index in [1.807, 2.05) is 43.3 Å². The maximum Gasteiger partial charge on any atom is 0.338 e. The molecule has 4 aromatic rings. The predicted octanol–water partition coefficient (Wildman–Crippen LogP) is 6.27. The fourth-order valence-electron chi connectivity index (χ4n) is 5.82. The van der Waals surface area contributed by atoms with Crippen molar-refractivity contribution < 1.29 is 38.1 Å². The molecule has 0 fully saturated rings. The van der Waals surface area contributed by atoms with E-state index in [0.717, 1.165) is 21.9 Å². The summed E-state index contributed by atoms with van der Waals surface area (Å²) < 4.78 is 28.8. The fraction of sp³-hybridized carbons (Fsp3) is 0.250. The zero-order chi connectivity index (χ0) is 37.0. The van der Waals surface area contributed by atoms with Crippen LogP contribution in [0.25, 0.3) is 10.8 Å². The number of amides is 3. The van der Waals surface area contributed by atoms with Crippen molar-refractivity contribution in [3.05, 3.63) is 119 Å². The van der Waals surface area contributed by atoms with Gasteiger partial charge in [0.25, 0.3) is 5.91 Å². The van der Waals surface area contributed by atoms with Gasteiger partial charge in [-0.05, 0) is 78.9 Å². The summed E-state index contributed by atoms with van der Waals surface area (Å²) in [6.45, 7) is 9.72. The molecule has 0 spiro atoms. The number of methoxy groups -OCH3 is 1. The molecule has 0 radical (unpaired) electrons. The van der Waals surface area contributed by atoms with Crippen molar-refractivity contribution in [2.45, 2.75) is 39.8 Å². The number of ether oxygens (including phenoxy) is 5. The highest BCUT2D eigenvalue weighted by Gasteiger charge is 2.32. The number of benzene rings is 4. The highest BCUT2D eigenvalue weighted by atomic mass is 16.5. The number of carbonyl (C=O) groups excluding carboxylic acids is 3. The van der Waals surface area contributed by atoms with Crippen molar-refractivity contribution in [2.24, 2.45) is 5.10 Å². The number of carbonyl (C=O) groups is 3. The van der Waals surface area contributed by atoms with Crippen molar-refractivity contribution in [3.8, 4) is 23.0 Å². The van der Waals surface area contributed by atoms with Crippen LogP contribution in [0.1, 0.15) is 49.1 Å². The molecule has 0 aromatic heterocycles. The van der Waals surface area contributed by atoms with E-state index < -0.39 is 23.9 Å². The Morgan fingerprint density at radius 1 is 0.923 bits per heavy atom. The maximum atomic E-state index is 12.7. The number of hydrogen-bond donors (Lipinski definition) is 3. The van der Waals surface area contributed by atoms with Crippen molar-refractivity contribution in [3.63, 3.8) is 0 Å². The zero-order valence-corrected chi connectivity index (χ0v) is 29.6. The number of urea groups is 1. The van der Waals surface area contributed by atoms with E-state index in [1.54, 1.807) is 38.1 Å². The molecule has 12 heteroatoms. The van der Waals surface area contributed by atoms with E-state index in [0.29, 0.717) is 53.7 Å². The molecule has 0 saturated carbocycles. The molecule has 0 aliphatic carbocycles. The summed E-state index contributed by atoms with van der Waals surface area (Å²) in [5.74, 6) is 0.679. The molecular formula is C40H42N4O8. The summed E-state index contributed by atoms with van der Waals surface area (Å²) in [5, 5.41) is 11.7. The Morgan fingerprint density at radius 2 is 1.73 bits per heavy atom. The normalized spacial score (nSPS) is 14.0. The van der Waals surface area contributed by atoms with E-state index in [4.69, 9.17) is 23.7 Å². The Morgan fingerprint density at radius 3 is 2.50 bits per heavy atom. The predicted molar refractivity (Wildman–Crippen MR) is 198 cm³/mol. The minimum Gasteiger partial charge on any atom is -0.493 e. The monoisotopic (exact) mass is 706 g/mol. The summed E-state index contributed by atoms with van der Waals surface area (Å²) in [5.41, 5.74) is 6.29. The molecule has 5 rings (SSSR count). The molecule has 4 aromatic carbocycles. The number of nitrogens with one attached hydrogen (secondary N) is 3. The van der Waals surface area contributed by atoms with E-state index in [2.05, 4.69) is 45.9 Å². The average molecular weight is 707 g/mol. The topological polar surface area (TPSA) is 146 Å². The lowest BCUT2D eigenvalue weighted by atomic mass is 9.95. The van der Waals surface area contributed by atoms with E-state index >= 15 is 0 Å². The van der Waals surface area contributed by atoms with Gasteiger partial charge in [-0.15, -0.1) is 6.58 Å². The van der Waals surface area contributed by atoms with Gasteiger partial charge in [0.05, 0.1) is 38.2 Å². The number of nitrogens with zero attached hydrogens (tertiary/aromatic N) is 1. The summed E-state index contributed by atoms with van der Waals surface area (Å²) in [7, 11) is 1.45. The third-order valence-corrected chi connectivity index (χ3v) is 8.12. The first-order chi connectivity index (χ1) is 25.3. The van der Waals surface area contributed by atoms with Gasteiger partial charge in [-0.25, -0.2) is 15.0 Å². The van der Waals surface area contributed by atoms with Crippen LogP contribution in [0, 0.1) is 0 Å². The molecule has 0 saturated heterocycles. The number of allylic oxidation sites excluding steroid dienone is 2. The van der Waals surface area contributed by atoms with Gasteiger partial charge >= 0.3 is 12.0 Å². The molecule has 1 aliphatic rings. The molecule has 0 bridgehead atoms. The van der Waals surface area contributed by atoms with Crippen LogP contribution >= 0.6 is 0 Å². The van der Waals surface area contributed by atoms with Gasteiger partial charge in [-0.2, -0.15) is 5.10 Å². The second-order valence-electron chi connectivity index (χ2n) is 11.6.